The molecule has 1 N–H and O–H groups in total. The van der Waals surface area contributed by atoms with Crippen molar-refractivity contribution in [1.82, 2.24) is 4.98 Å². The first-order valence-electron chi connectivity index (χ1n) is 14.7. The summed E-state index contributed by atoms with van der Waals surface area (Å²) in [6.07, 6.45) is 1.72. The van der Waals surface area contributed by atoms with E-state index in [0.717, 1.165) is 0 Å². The second-order valence-corrected chi connectivity index (χ2v) is 12.7. The summed E-state index contributed by atoms with van der Waals surface area (Å²) >= 11 is 0. The maximum absolute atomic E-state index is 13.5. The standard InChI is InChI=1S/C32H39NO10/c1-7-25(36)39-16-31(5)22-14-24(41-18(3)35)32(6)28(30(22,4)11-10-23(31)40-17(2)34)27(37)26-21(43-32)13-20(42-29(26)38)19-9-8-12-33-15-19/h8-9,12-13,15,22-24,27-28,37H,7,10-11,14,16H2,1-6H3/t22-,23-,24-,27-,28-,30+,31-,32-/m1/s1. The van der Waals surface area contributed by atoms with Crippen LogP contribution in [0.1, 0.15) is 78.9 Å². The van der Waals surface area contributed by atoms with E-state index >= 15 is 0 Å². The highest BCUT2D eigenvalue weighted by atomic mass is 16.6. The van der Waals surface area contributed by atoms with Crippen molar-refractivity contribution in [1.29, 1.82) is 0 Å². The first-order valence-corrected chi connectivity index (χ1v) is 14.7. The normalized spacial score (nSPS) is 34.4. The average molecular weight is 598 g/mol. The minimum atomic E-state index is -1.34. The van der Waals surface area contributed by atoms with Gasteiger partial charge in [-0.3, -0.25) is 19.4 Å². The number of aromatic nitrogens is 1. The molecule has 5 rings (SSSR count). The molecular formula is C32H39NO10. The fourth-order valence-electron chi connectivity index (χ4n) is 8.12. The summed E-state index contributed by atoms with van der Waals surface area (Å²) in [5.74, 6) is -2.16. The maximum atomic E-state index is 13.5. The zero-order valence-electron chi connectivity index (χ0n) is 25.4. The van der Waals surface area contributed by atoms with Gasteiger partial charge in [0.05, 0.1) is 6.10 Å². The molecular weight excluding hydrogens is 558 g/mol. The molecule has 2 saturated carbocycles. The molecule has 0 amide bonds. The van der Waals surface area contributed by atoms with Gasteiger partial charge in [-0.2, -0.15) is 0 Å². The molecule has 11 nitrogen and oxygen atoms in total. The van der Waals surface area contributed by atoms with Crippen LogP contribution in [0.15, 0.2) is 39.8 Å². The molecule has 0 bridgehead atoms. The Hall–Kier alpha value is -3.73. The van der Waals surface area contributed by atoms with E-state index in [2.05, 4.69) is 4.98 Å². The second kappa shape index (κ2) is 11.1. The molecule has 0 aromatic carbocycles. The summed E-state index contributed by atoms with van der Waals surface area (Å²) in [6, 6.07) is 5.01. The van der Waals surface area contributed by atoms with Crippen molar-refractivity contribution in [3.8, 4) is 17.1 Å². The number of hydrogen-bond donors (Lipinski definition) is 1. The largest absolute Gasteiger partial charge is 0.482 e. The van der Waals surface area contributed by atoms with E-state index in [-0.39, 0.29) is 42.4 Å². The molecule has 0 spiro atoms. The number of esters is 3. The van der Waals surface area contributed by atoms with E-state index < -0.39 is 64.2 Å². The third-order valence-corrected chi connectivity index (χ3v) is 9.98. The molecule has 232 valence electrons. The fourth-order valence-corrected chi connectivity index (χ4v) is 8.12. The van der Waals surface area contributed by atoms with Crippen LogP contribution in [0.2, 0.25) is 0 Å². The third kappa shape index (κ3) is 5.11. The lowest BCUT2D eigenvalue weighted by molar-refractivity contribution is -0.270. The highest BCUT2D eigenvalue weighted by Gasteiger charge is 2.70. The Labute approximate surface area is 249 Å². The molecule has 11 heteroatoms. The van der Waals surface area contributed by atoms with Crippen LogP contribution in [0, 0.1) is 22.7 Å². The van der Waals surface area contributed by atoms with Crippen molar-refractivity contribution >= 4 is 17.9 Å². The Morgan fingerprint density at radius 2 is 1.81 bits per heavy atom. The van der Waals surface area contributed by atoms with Crippen LogP contribution in [0.5, 0.6) is 5.75 Å². The molecule has 43 heavy (non-hydrogen) atoms. The summed E-state index contributed by atoms with van der Waals surface area (Å²) in [7, 11) is 0. The summed E-state index contributed by atoms with van der Waals surface area (Å²) in [4.78, 5) is 54.5. The Balaban J connectivity index is 1.65. The van der Waals surface area contributed by atoms with Gasteiger partial charge >= 0.3 is 23.5 Å². The van der Waals surface area contributed by atoms with Gasteiger partial charge in [0.15, 0.2) is 0 Å². The van der Waals surface area contributed by atoms with Crippen molar-refractivity contribution in [3.63, 3.8) is 0 Å². The molecule has 3 heterocycles. The summed E-state index contributed by atoms with van der Waals surface area (Å²) in [5.41, 5.74) is -3.09. The van der Waals surface area contributed by atoms with Gasteiger partial charge < -0.3 is 28.5 Å². The lowest BCUT2D eigenvalue weighted by atomic mass is 9.42. The molecule has 1 aliphatic heterocycles. The molecule has 0 radical (unpaired) electrons. The van der Waals surface area contributed by atoms with Crippen molar-refractivity contribution in [2.75, 3.05) is 6.61 Å². The lowest BCUT2D eigenvalue weighted by Crippen LogP contribution is -2.71. The topological polar surface area (TPSA) is 151 Å². The first-order chi connectivity index (χ1) is 20.2. The minimum Gasteiger partial charge on any atom is -0.482 e. The van der Waals surface area contributed by atoms with Crippen LogP contribution in [0.3, 0.4) is 0 Å². The van der Waals surface area contributed by atoms with Crippen molar-refractivity contribution in [2.45, 2.75) is 91.1 Å². The van der Waals surface area contributed by atoms with Gasteiger partial charge in [0.25, 0.3) is 0 Å². The zero-order chi connectivity index (χ0) is 31.3. The maximum Gasteiger partial charge on any atom is 0.345 e. The number of rotatable bonds is 6. The highest BCUT2D eigenvalue weighted by molar-refractivity contribution is 5.69. The van der Waals surface area contributed by atoms with Crippen molar-refractivity contribution in [3.05, 3.63) is 46.6 Å². The number of carbonyl (C=O) groups is 3. The second-order valence-electron chi connectivity index (χ2n) is 12.7. The predicted molar refractivity (Wildman–Crippen MR) is 152 cm³/mol. The minimum absolute atomic E-state index is 0.0141. The van der Waals surface area contributed by atoms with Crippen LogP contribution in [0.25, 0.3) is 11.3 Å². The van der Waals surface area contributed by atoms with Crippen molar-refractivity contribution < 1.29 is 42.9 Å². The van der Waals surface area contributed by atoms with Gasteiger partial charge in [0.1, 0.15) is 41.5 Å². The zero-order valence-corrected chi connectivity index (χ0v) is 25.4. The Bertz CT molecular complexity index is 1470. The molecule has 3 aliphatic rings. The number of fused-ring (bicyclic) bond motifs is 4. The van der Waals surface area contributed by atoms with Gasteiger partial charge in [0, 0.05) is 55.6 Å². The molecule has 2 aromatic heterocycles. The summed E-state index contributed by atoms with van der Waals surface area (Å²) in [6.45, 7) is 10.00. The van der Waals surface area contributed by atoms with E-state index in [1.807, 2.05) is 13.8 Å². The molecule has 2 aliphatic carbocycles. The van der Waals surface area contributed by atoms with Crippen molar-refractivity contribution in [2.24, 2.45) is 22.7 Å². The smallest absolute Gasteiger partial charge is 0.345 e. The highest BCUT2D eigenvalue weighted by Crippen LogP contribution is 2.67. The van der Waals surface area contributed by atoms with Crippen LogP contribution in [-0.2, 0) is 28.6 Å². The van der Waals surface area contributed by atoms with Crippen LogP contribution in [0.4, 0.5) is 0 Å². The SMILES string of the molecule is CCC(=O)OC[C@]1(C)[C@@H]2C[C@@H](OC(C)=O)[C@@]3(C)Oc4cc(-c5cccnc5)oc(=O)c4[C@@H](O)[C@@H]3[C@@]2(C)CC[C@H]1OC(C)=O. The predicted octanol–water partition coefficient (Wildman–Crippen LogP) is 4.15. The average Bonchev–Trinajstić information content (AvgIpc) is 2.94. The molecule has 0 saturated heterocycles. The summed E-state index contributed by atoms with van der Waals surface area (Å²) < 4.78 is 29.7. The number of nitrogens with zero attached hydrogens (tertiary/aromatic N) is 1. The number of aliphatic hydroxyl groups is 1. The summed E-state index contributed by atoms with van der Waals surface area (Å²) in [5, 5.41) is 12.1. The quantitative estimate of drug-likeness (QED) is 0.378. The Morgan fingerprint density at radius 3 is 2.44 bits per heavy atom. The Morgan fingerprint density at radius 1 is 1.12 bits per heavy atom. The third-order valence-electron chi connectivity index (χ3n) is 9.98. The monoisotopic (exact) mass is 597 g/mol. The molecule has 0 unspecified atom stereocenters. The number of ether oxygens (including phenoxy) is 4. The molecule has 8 atom stereocenters. The van der Waals surface area contributed by atoms with Gasteiger partial charge in [-0.1, -0.05) is 20.8 Å². The van der Waals surface area contributed by atoms with Gasteiger partial charge in [-0.05, 0) is 49.7 Å². The lowest BCUT2D eigenvalue weighted by Gasteiger charge is -2.66. The van der Waals surface area contributed by atoms with Gasteiger partial charge in [-0.15, -0.1) is 0 Å². The van der Waals surface area contributed by atoms with E-state index in [1.54, 1.807) is 44.4 Å². The number of pyridine rings is 1. The number of aliphatic hydroxyl groups excluding tert-OH is 1. The number of hydrogen-bond acceptors (Lipinski definition) is 11. The van der Waals surface area contributed by atoms with Crippen LogP contribution in [-0.4, -0.2) is 52.4 Å². The van der Waals surface area contributed by atoms with E-state index in [0.29, 0.717) is 18.4 Å². The van der Waals surface area contributed by atoms with Crippen LogP contribution >= 0.6 is 0 Å². The number of carbonyl (C=O) groups excluding carboxylic acids is 3. The Kier molecular flexibility index (Phi) is 7.91. The van der Waals surface area contributed by atoms with E-state index in [4.69, 9.17) is 23.4 Å². The fraction of sp³-hybridized carbons (Fsp3) is 0.594. The van der Waals surface area contributed by atoms with E-state index in [1.165, 1.54) is 13.8 Å². The van der Waals surface area contributed by atoms with Gasteiger partial charge in [-0.25, -0.2) is 4.79 Å². The van der Waals surface area contributed by atoms with Gasteiger partial charge in [0.2, 0.25) is 0 Å². The first kappa shape index (κ1) is 30.7. The van der Waals surface area contributed by atoms with E-state index in [9.17, 15) is 24.3 Å². The molecule has 2 aromatic rings. The van der Waals surface area contributed by atoms with Crippen LogP contribution < -0.4 is 10.4 Å². The molecule has 2 fully saturated rings.